The molecule has 2 aromatic rings. The number of phenols is 1. The van der Waals surface area contributed by atoms with E-state index in [1.165, 1.54) is 6.21 Å². The fourth-order valence-electron chi connectivity index (χ4n) is 2.85. The highest BCUT2D eigenvalue weighted by Gasteiger charge is 2.40. The maximum atomic E-state index is 12.5. The summed E-state index contributed by atoms with van der Waals surface area (Å²) in [5.74, 6) is -2.11. The van der Waals surface area contributed by atoms with E-state index < -0.39 is 11.8 Å². The molecule has 0 aromatic heterocycles. The summed E-state index contributed by atoms with van der Waals surface area (Å²) in [5, 5.41) is 16.6. The smallest absolute Gasteiger partial charge is 0.253 e. The molecule has 2 amide bonds. The number of aromatic hydroxyl groups is 1. The molecule has 2 aromatic carbocycles. The van der Waals surface area contributed by atoms with E-state index in [9.17, 15) is 14.7 Å². The van der Waals surface area contributed by atoms with E-state index in [0.717, 1.165) is 5.56 Å². The molecule has 3 N–H and O–H groups in total. The number of hydrogen-bond donors (Lipinski definition) is 3. The van der Waals surface area contributed by atoms with Crippen LogP contribution in [0.4, 0.5) is 0 Å². The van der Waals surface area contributed by atoms with Crippen LogP contribution in [0, 0.1) is 5.92 Å². The molecule has 1 fully saturated rings. The molecule has 0 aliphatic carbocycles. The molecule has 0 radical (unpaired) electrons. The van der Waals surface area contributed by atoms with Crippen LogP contribution in [0.5, 0.6) is 5.75 Å². The Labute approximate surface area is 163 Å². The number of carbonyl (C=O) groups is 2. The Bertz CT molecular complexity index is 873. The first kappa shape index (κ1) is 18.4. The second-order valence-corrected chi connectivity index (χ2v) is 7.12. The number of hydrogen-bond acceptors (Lipinski definition) is 4. The maximum absolute atomic E-state index is 12.5. The second kappa shape index (κ2) is 7.88. The molecular weight excluding hydrogens is 422 g/mol. The molecule has 0 bridgehead atoms. The molecule has 26 heavy (non-hydrogen) atoms. The van der Waals surface area contributed by atoms with Crippen LogP contribution in [0.3, 0.4) is 0 Å². The topological polar surface area (TPSA) is 90.8 Å². The van der Waals surface area contributed by atoms with Gasteiger partial charge in [-0.1, -0.05) is 57.9 Å². The van der Waals surface area contributed by atoms with Crippen molar-refractivity contribution in [3.8, 4) is 5.75 Å². The largest absolute Gasteiger partial charge is 0.506 e. The zero-order chi connectivity index (χ0) is 18.7. The highest BCUT2D eigenvalue weighted by molar-refractivity contribution is 9.10. The molecule has 1 heterocycles. The lowest BCUT2D eigenvalue weighted by atomic mass is 9.88. The fourth-order valence-corrected chi connectivity index (χ4v) is 3.69. The van der Waals surface area contributed by atoms with E-state index in [-0.39, 0.29) is 22.6 Å². The van der Waals surface area contributed by atoms with E-state index in [1.54, 1.807) is 12.1 Å². The monoisotopic (exact) mass is 435 g/mol. The summed E-state index contributed by atoms with van der Waals surface area (Å²) in [5.41, 5.74) is 3.61. The number of nitrogens with zero attached hydrogens (tertiary/aromatic N) is 1. The third-order valence-corrected chi connectivity index (χ3v) is 4.87. The van der Waals surface area contributed by atoms with Crippen molar-refractivity contribution in [3.05, 3.63) is 63.1 Å². The first-order chi connectivity index (χ1) is 12.5. The summed E-state index contributed by atoms with van der Waals surface area (Å²) in [6.07, 6.45) is 1.27. The molecule has 1 aliphatic heterocycles. The number of phenolic OH excluding ortho intramolecular Hbond substituents is 1. The lowest BCUT2D eigenvalue weighted by Crippen LogP contribution is -2.34. The molecule has 0 saturated carbocycles. The van der Waals surface area contributed by atoms with Gasteiger partial charge in [-0.2, -0.15) is 5.10 Å². The minimum absolute atomic E-state index is 0.145. The fraction of sp³-hybridized carbons (Fsp3) is 0.167. The molecule has 8 heteroatoms. The molecule has 1 aliphatic rings. The van der Waals surface area contributed by atoms with Gasteiger partial charge in [-0.3, -0.25) is 9.59 Å². The van der Waals surface area contributed by atoms with Crippen molar-refractivity contribution in [3.63, 3.8) is 0 Å². The van der Waals surface area contributed by atoms with Crippen molar-refractivity contribution in [2.45, 2.75) is 5.92 Å². The number of carbonyl (C=O) groups excluding carboxylic acids is 2. The predicted octanol–water partition coefficient (Wildman–Crippen LogP) is 2.79. The standard InChI is InChI=1S/C18H15BrClN3O3/c19-12-6-11(16(24)14(20)7-12)8-22-23-18(26)15-13(9-21-17(15)25)10-4-2-1-3-5-10/h1-8,13,15,24H,9H2,(H,21,25)(H,23,26)/b22-8+/t13-,15-/m0/s1. The minimum atomic E-state index is -0.866. The van der Waals surface area contributed by atoms with Gasteiger partial charge < -0.3 is 10.4 Å². The van der Waals surface area contributed by atoms with E-state index in [4.69, 9.17) is 11.6 Å². The van der Waals surface area contributed by atoms with Gasteiger partial charge in [0.15, 0.2) is 0 Å². The van der Waals surface area contributed by atoms with Gasteiger partial charge in [0.05, 0.1) is 11.2 Å². The lowest BCUT2D eigenvalue weighted by Gasteiger charge is -2.15. The Kier molecular flexibility index (Phi) is 5.58. The van der Waals surface area contributed by atoms with Gasteiger partial charge in [0.2, 0.25) is 5.91 Å². The Morgan fingerprint density at radius 1 is 1.35 bits per heavy atom. The summed E-state index contributed by atoms with van der Waals surface area (Å²) in [6.45, 7) is 0.396. The Morgan fingerprint density at radius 2 is 2.08 bits per heavy atom. The second-order valence-electron chi connectivity index (χ2n) is 5.80. The van der Waals surface area contributed by atoms with E-state index in [2.05, 4.69) is 31.8 Å². The van der Waals surface area contributed by atoms with Crippen molar-refractivity contribution in [1.82, 2.24) is 10.7 Å². The number of halogens is 2. The first-order valence-electron chi connectivity index (χ1n) is 7.81. The summed E-state index contributed by atoms with van der Waals surface area (Å²) in [6, 6.07) is 12.5. The van der Waals surface area contributed by atoms with Gasteiger partial charge >= 0.3 is 0 Å². The normalized spacial score (nSPS) is 19.5. The van der Waals surface area contributed by atoms with Crippen LogP contribution in [0.25, 0.3) is 0 Å². The van der Waals surface area contributed by atoms with Crippen molar-refractivity contribution in [2.75, 3.05) is 6.54 Å². The summed E-state index contributed by atoms with van der Waals surface area (Å²) >= 11 is 9.15. The molecule has 134 valence electrons. The zero-order valence-electron chi connectivity index (χ0n) is 13.4. The average Bonchev–Trinajstić information content (AvgIpc) is 3.01. The molecule has 1 saturated heterocycles. The van der Waals surface area contributed by atoms with Gasteiger partial charge in [0.1, 0.15) is 11.7 Å². The van der Waals surface area contributed by atoms with Crippen molar-refractivity contribution >= 4 is 45.6 Å². The SMILES string of the molecule is O=C1NC[C@@H](c2ccccc2)[C@@H]1C(=O)N/N=C/c1cc(Br)cc(Cl)c1O. The number of amides is 2. The summed E-state index contributed by atoms with van der Waals surface area (Å²) in [7, 11) is 0. The van der Waals surface area contributed by atoms with Crippen LogP contribution in [0.15, 0.2) is 52.0 Å². The Morgan fingerprint density at radius 3 is 2.81 bits per heavy atom. The predicted molar refractivity (Wildman–Crippen MR) is 102 cm³/mol. The lowest BCUT2D eigenvalue weighted by molar-refractivity contribution is -0.133. The zero-order valence-corrected chi connectivity index (χ0v) is 15.8. The number of benzene rings is 2. The Balaban J connectivity index is 1.74. The molecule has 3 rings (SSSR count). The molecule has 0 unspecified atom stereocenters. The van der Waals surface area contributed by atoms with Gasteiger partial charge in [-0.25, -0.2) is 5.43 Å². The van der Waals surface area contributed by atoms with Gasteiger partial charge in [0.25, 0.3) is 5.91 Å². The summed E-state index contributed by atoms with van der Waals surface area (Å²) in [4.78, 5) is 24.6. The highest BCUT2D eigenvalue weighted by atomic mass is 79.9. The van der Waals surface area contributed by atoms with Gasteiger partial charge in [0, 0.05) is 22.5 Å². The van der Waals surface area contributed by atoms with Gasteiger partial charge in [-0.15, -0.1) is 0 Å². The van der Waals surface area contributed by atoms with Crippen LogP contribution in [0.1, 0.15) is 17.0 Å². The number of rotatable bonds is 4. The van der Waals surface area contributed by atoms with Crippen LogP contribution in [0.2, 0.25) is 5.02 Å². The van der Waals surface area contributed by atoms with E-state index >= 15 is 0 Å². The molecule has 2 atom stereocenters. The van der Waals surface area contributed by atoms with Crippen LogP contribution >= 0.6 is 27.5 Å². The summed E-state index contributed by atoms with van der Waals surface area (Å²) < 4.78 is 0.660. The molecule has 0 spiro atoms. The third kappa shape index (κ3) is 3.89. The quantitative estimate of drug-likeness (QED) is 0.391. The van der Waals surface area contributed by atoms with Crippen LogP contribution in [-0.2, 0) is 9.59 Å². The first-order valence-corrected chi connectivity index (χ1v) is 8.98. The number of nitrogens with one attached hydrogen (secondary N) is 2. The van der Waals surface area contributed by atoms with Crippen LogP contribution < -0.4 is 10.7 Å². The van der Waals surface area contributed by atoms with Crippen LogP contribution in [-0.4, -0.2) is 29.7 Å². The average molecular weight is 437 g/mol. The number of hydrazone groups is 1. The van der Waals surface area contributed by atoms with E-state index in [0.29, 0.717) is 16.6 Å². The molecule has 6 nitrogen and oxygen atoms in total. The maximum Gasteiger partial charge on any atom is 0.253 e. The highest BCUT2D eigenvalue weighted by Crippen LogP contribution is 2.31. The van der Waals surface area contributed by atoms with Crippen molar-refractivity contribution in [1.29, 1.82) is 0 Å². The van der Waals surface area contributed by atoms with Crippen molar-refractivity contribution < 1.29 is 14.7 Å². The van der Waals surface area contributed by atoms with Crippen molar-refractivity contribution in [2.24, 2.45) is 11.0 Å². The third-order valence-electron chi connectivity index (χ3n) is 4.13. The Hall–Kier alpha value is -2.38. The molecular formula is C18H15BrClN3O3. The minimum Gasteiger partial charge on any atom is -0.506 e. The van der Waals surface area contributed by atoms with E-state index in [1.807, 2.05) is 30.3 Å². The van der Waals surface area contributed by atoms with Gasteiger partial charge in [-0.05, 0) is 17.7 Å².